The first kappa shape index (κ1) is 20.8. The molecule has 4 rings (SSSR count). The van der Waals surface area contributed by atoms with Gasteiger partial charge in [0.2, 0.25) is 0 Å². The van der Waals surface area contributed by atoms with Gasteiger partial charge in [-0.15, -0.1) is 0 Å². The molecule has 0 spiro atoms. The summed E-state index contributed by atoms with van der Waals surface area (Å²) in [5.41, 5.74) is 1.50. The van der Waals surface area contributed by atoms with Gasteiger partial charge in [-0.25, -0.2) is 15.0 Å². The molecule has 0 atom stereocenters. The zero-order valence-corrected chi connectivity index (χ0v) is 18.2. The van der Waals surface area contributed by atoms with Crippen LogP contribution in [-0.4, -0.2) is 32.0 Å². The number of nitrogens with one attached hydrogen (secondary N) is 3. The van der Waals surface area contributed by atoms with Gasteiger partial charge < -0.3 is 20.5 Å². The number of benzene rings is 1. The number of amides is 1. The van der Waals surface area contributed by atoms with Gasteiger partial charge in [-0.3, -0.25) is 4.79 Å². The predicted molar refractivity (Wildman–Crippen MR) is 124 cm³/mol. The highest BCUT2D eigenvalue weighted by molar-refractivity contribution is 7.17. The number of aryl methyl sites for hydroxylation is 1. The van der Waals surface area contributed by atoms with E-state index in [4.69, 9.17) is 11.6 Å². The SMILES string of the molecule is Cc1cccc(Cl)c1NC(=O)c1cnc(Nc2cccc(NCCn3ccnc3)n2)s1. The van der Waals surface area contributed by atoms with E-state index < -0.39 is 0 Å². The molecule has 0 aliphatic rings. The van der Waals surface area contributed by atoms with Gasteiger partial charge in [0.15, 0.2) is 5.13 Å². The molecule has 0 unspecified atom stereocenters. The third kappa shape index (κ3) is 5.39. The lowest BCUT2D eigenvalue weighted by Crippen LogP contribution is -2.11. The van der Waals surface area contributed by atoms with Crippen molar-refractivity contribution < 1.29 is 4.79 Å². The van der Waals surface area contributed by atoms with Crippen LogP contribution in [0.25, 0.3) is 0 Å². The molecule has 3 N–H and O–H groups in total. The summed E-state index contributed by atoms with van der Waals surface area (Å²) >= 11 is 7.44. The van der Waals surface area contributed by atoms with Gasteiger partial charge in [0.25, 0.3) is 5.91 Å². The van der Waals surface area contributed by atoms with Crippen LogP contribution in [0.3, 0.4) is 0 Å². The Morgan fingerprint density at radius 1 is 1.19 bits per heavy atom. The monoisotopic (exact) mass is 453 g/mol. The maximum atomic E-state index is 12.6. The first-order valence-electron chi connectivity index (χ1n) is 9.54. The molecule has 1 amide bonds. The lowest BCUT2D eigenvalue weighted by molar-refractivity contribution is 0.103. The van der Waals surface area contributed by atoms with Crippen molar-refractivity contribution in [2.24, 2.45) is 0 Å². The van der Waals surface area contributed by atoms with Gasteiger partial charge in [0.05, 0.1) is 23.2 Å². The Bertz CT molecular complexity index is 1160. The van der Waals surface area contributed by atoms with Crippen LogP contribution in [0.1, 0.15) is 15.2 Å². The minimum atomic E-state index is -0.260. The Kier molecular flexibility index (Phi) is 6.44. The van der Waals surface area contributed by atoms with E-state index in [0.717, 1.165) is 24.5 Å². The minimum absolute atomic E-state index is 0.260. The van der Waals surface area contributed by atoms with E-state index in [-0.39, 0.29) is 5.91 Å². The molecule has 31 heavy (non-hydrogen) atoms. The van der Waals surface area contributed by atoms with Crippen LogP contribution in [0.5, 0.6) is 0 Å². The second-order valence-electron chi connectivity index (χ2n) is 6.68. The molecule has 3 heterocycles. The zero-order valence-electron chi connectivity index (χ0n) is 16.7. The Morgan fingerprint density at radius 3 is 2.84 bits per heavy atom. The number of carbonyl (C=O) groups excluding carboxylic acids is 1. The van der Waals surface area contributed by atoms with E-state index in [0.29, 0.717) is 26.5 Å². The Hall–Kier alpha value is -3.43. The Labute approximate surface area is 188 Å². The largest absolute Gasteiger partial charge is 0.368 e. The van der Waals surface area contributed by atoms with Gasteiger partial charge >= 0.3 is 0 Å². The van der Waals surface area contributed by atoms with Crippen LogP contribution in [0.4, 0.5) is 22.5 Å². The van der Waals surface area contributed by atoms with E-state index in [9.17, 15) is 4.79 Å². The molecule has 0 aliphatic heterocycles. The molecule has 8 nitrogen and oxygen atoms in total. The number of thiazole rings is 1. The van der Waals surface area contributed by atoms with E-state index in [1.165, 1.54) is 17.5 Å². The average molecular weight is 454 g/mol. The highest BCUT2D eigenvalue weighted by atomic mass is 35.5. The van der Waals surface area contributed by atoms with E-state index in [1.54, 1.807) is 18.6 Å². The van der Waals surface area contributed by atoms with Crippen molar-refractivity contribution >= 4 is 51.3 Å². The van der Waals surface area contributed by atoms with Crippen molar-refractivity contribution in [2.45, 2.75) is 13.5 Å². The fraction of sp³-hybridized carbons (Fsp3) is 0.143. The summed E-state index contributed by atoms with van der Waals surface area (Å²) in [6.45, 7) is 3.40. The van der Waals surface area contributed by atoms with Gasteiger partial charge in [-0.2, -0.15) is 0 Å². The average Bonchev–Trinajstić information content (AvgIpc) is 3.43. The smallest absolute Gasteiger partial charge is 0.267 e. The summed E-state index contributed by atoms with van der Waals surface area (Å²) < 4.78 is 1.99. The first-order valence-corrected chi connectivity index (χ1v) is 10.7. The van der Waals surface area contributed by atoms with Crippen LogP contribution >= 0.6 is 22.9 Å². The summed E-state index contributed by atoms with van der Waals surface area (Å²) in [6.07, 6.45) is 6.97. The number of pyridine rings is 1. The molecule has 0 fully saturated rings. The standard InChI is InChI=1S/C21H20ClN7OS/c1-14-4-2-5-15(22)19(14)28-20(30)16-12-25-21(31-16)27-18-7-3-6-17(26-18)24-9-11-29-10-8-23-13-29/h2-8,10,12-13H,9,11H2,1H3,(H,28,30)(H2,24,25,26,27). The molecule has 0 saturated carbocycles. The highest BCUT2D eigenvalue weighted by Crippen LogP contribution is 2.28. The molecule has 158 valence electrons. The topological polar surface area (TPSA) is 96.8 Å². The summed E-state index contributed by atoms with van der Waals surface area (Å²) in [7, 11) is 0. The summed E-state index contributed by atoms with van der Waals surface area (Å²) in [6, 6.07) is 11.1. The van der Waals surface area contributed by atoms with E-state index >= 15 is 0 Å². The molecule has 3 aromatic heterocycles. The Morgan fingerprint density at radius 2 is 2.03 bits per heavy atom. The quantitative estimate of drug-likeness (QED) is 0.354. The minimum Gasteiger partial charge on any atom is -0.368 e. The number of hydrogen-bond acceptors (Lipinski definition) is 7. The predicted octanol–water partition coefficient (Wildman–Crippen LogP) is 4.80. The lowest BCUT2D eigenvalue weighted by Gasteiger charge is -2.09. The molecule has 0 radical (unpaired) electrons. The number of hydrogen-bond donors (Lipinski definition) is 3. The highest BCUT2D eigenvalue weighted by Gasteiger charge is 2.14. The fourth-order valence-corrected chi connectivity index (χ4v) is 3.83. The number of para-hydroxylation sites is 1. The van der Waals surface area contributed by atoms with Crippen LogP contribution in [0, 0.1) is 6.92 Å². The number of carbonyl (C=O) groups is 1. The lowest BCUT2D eigenvalue weighted by atomic mass is 10.2. The maximum Gasteiger partial charge on any atom is 0.267 e. The third-order valence-corrected chi connectivity index (χ3v) is 5.64. The molecule has 4 aromatic rings. The summed E-state index contributed by atoms with van der Waals surface area (Å²) in [5.74, 6) is 1.12. The molecule has 1 aromatic carbocycles. The molecular formula is C21H20ClN7OS. The fourth-order valence-electron chi connectivity index (χ4n) is 2.85. The van der Waals surface area contributed by atoms with Gasteiger partial charge in [0, 0.05) is 25.5 Å². The molecule has 0 saturated heterocycles. The van der Waals surface area contributed by atoms with Crippen molar-refractivity contribution in [3.8, 4) is 0 Å². The first-order chi connectivity index (χ1) is 15.1. The van der Waals surface area contributed by atoms with Crippen LogP contribution in [0.15, 0.2) is 61.3 Å². The van der Waals surface area contributed by atoms with E-state index in [2.05, 4.69) is 30.9 Å². The van der Waals surface area contributed by atoms with Crippen molar-refractivity contribution in [3.63, 3.8) is 0 Å². The molecule has 0 aliphatic carbocycles. The van der Waals surface area contributed by atoms with Crippen LogP contribution in [-0.2, 0) is 6.54 Å². The van der Waals surface area contributed by atoms with E-state index in [1.807, 2.05) is 48.0 Å². The molecule has 0 bridgehead atoms. The van der Waals surface area contributed by atoms with Crippen LogP contribution in [0.2, 0.25) is 5.02 Å². The second-order valence-corrected chi connectivity index (χ2v) is 8.11. The maximum absolute atomic E-state index is 12.6. The number of rotatable bonds is 8. The van der Waals surface area contributed by atoms with Gasteiger partial charge in [-0.1, -0.05) is 41.1 Å². The summed E-state index contributed by atoms with van der Waals surface area (Å²) in [5, 5.41) is 10.3. The molecule has 10 heteroatoms. The summed E-state index contributed by atoms with van der Waals surface area (Å²) in [4.78, 5) is 25.9. The Balaban J connectivity index is 1.36. The van der Waals surface area contributed by atoms with Crippen molar-refractivity contribution in [1.82, 2.24) is 19.5 Å². The van der Waals surface area contributed by atoms with Crippen molar-refractivity contribution in [3.05, 3.63) is 76.8 Å². The number of imidazole rings is 1. The second kappa shape index (κ2) is 9.59. The van der Waals surface area contributed by atoms with Crippen molar-refractivity contribution in [2.75, 3.05) is 22.5 Å². The van der Waals surface area contributed by atoms with Crippen molar-refractivity contribution in [1.29, 1.82) is 0 Å². The van der Waals surface area contributed by atoms with Gasteiger partial charge in [0.1, 0.15) is 16.5 Å². The van der Waals surface area contributed by atoms with Gasteiger partial charge in [-0.05, 0) is 30.7 Å². The molecular weight excluding hydrogens is 434 g/mol. The zero-order chi connectivity index (χ0) is 21.6. The number of halogens is 1. The van der Waals surface area contributed by atoms with Crippen LogP contribution < -0.4 is 16.0 Å². The number of anilines is 4. The number of aromatic nitrogens is 4. The third-order valence-electron chi connectivity index (χ3n) is 4.41. The normalized spacial score (nSPS) is 10.6. The number of nitrogens with zero attached hydrogens (tertiary/aromatic N) is 4.